The van der Waals surface area contributed by atoms with Crippen molar-refractivity contribution < 1.29 is 18.3 Å². The van der Waals surface area contributed by atoms with E-state index in [0.717, 1.165) is 3.57 Å². The van der Waals surface area contributed by atoms with Crippen LogP contribution >= 0.6 is 22.6 Å². The lowest BCUT2D eigenvalue weighted by atomic mass is 9.99. The standard InChI is InChI=1S/C12H14INO4S/c13-10-2-1-3-11(8-10)19(17,18)14-6-4-9(5-7-14)12(15)16/h1-3,8-9H,4-7H2,(H,15,16). The van der Waals surface area contributed by atoms with Crippen molar-refractivity contribution in [3.63, 3.8) is 0 Å². The zero-order valence-corrected chi connectivity index (χ0v) is 13.1. The minimum atomic E-state index is -3.50. The second-order valence-corrected chi connectivity index (χ2v) is 7.66. The smallest absolute Gasteiger partial charge is 0.306 e. The van der Waals surface area contributed by atoms with E-state index in [9.17, 15) is 13.2 Å². The number of nitrogens with zero attached hydrogens (tertiary/aromatic N) is 1. The van der Waals surface area contributed by atoms with Crippen molar-refractivity contribution in [3.05, 3.63) is 27.8 Å². The number of piperidine rings is 1. The van der Waals surface area contributed by atoms with Crippen molar-refractivity contribution in [2.75, 3.05) is 13.1 Å². The molecule has 1 saturated heterocycles. The number of hydrogen-bond donors (Lipinski definition) is 1. The summed E-state index contributed by atoms with van der Waals surface area (Å²) in [5, 5.41) is 8.91. The first kappa shape index (κ1) is 14.7. The van der Waals surface area contributed by atoms with Crippen LogP contribution in [0, 0.1) is 9.49 Å². The summed E-state index contributed by atoms with van der Waals surface area (Å²) in [4.78, 5) is 11.1. The van der Waals surface area contributed by atoms with Gasteiger partial charge in [-0.15, -0.1) is 0 Å². The fraction of sp³-hybridized carbons (Fsp3) is 0.417. The highest BCUT2D eigenvalue weighted by molar-refractivity contribution is 14.1. The SMILES string of the molecule is O=C(O)C1CCN(S(=O)(=O)c2cccc(I)c2)CC1. The monoisotopic (exact) mass is 395 g/mol. The molecule has 0 unspecified atom stereocenters. The van der Waals surface area contributed by atoms with Gasteiger partial charge in [0.1, 0.15) is 0 Å². The average molecular weight is 395 g/mol. The van der Waals surface area contributed by atoms with Crippen molar-refractivity contribution in [1.82, 2.24) is 4.31 Å². The van der Waals surface area contributed by atoms with Crippen LogP contribution in [0.4, 0.5) is 0 Å². The molecule has 1 fully saturated rings. The van der Waals surface area contributed by atoms with Crippen LogP contribution in [-0.2, 0) is 14.8 Å². The lowest BCUT2D eigenvalue weighted by Crippen LogP contribution is -2.40. The molecule has 19 heavy (non-hydrogen) atoms. The molecule has 0 radical (unpaired) electrons. The molecule has 1 aromatic carbocycles. The van der Waals surface area contributed by atoms with E-state index in [1.807, 2.05) is 6.07 Å². The van der Waals surface area contributed by atoms with E-state index in [0.29, 0.717) is 12.8 Å². The lowest BCUT2D eigenvalue weighted by Gasteiger charge is -2.29. The predicted molar refractivity (Wildman–Crippen MR) is 78.3 cm³/mol. The van der Waals surface area contributed by atoms with Gasteiger partial charge >= 0.3 is 5.97 Å². The number of hydrogen-bond acceptors (Lipinski definition) is 3. The third-order valence-corrected chi connectivity index (χ3v) is 5.80. The van der Waals surface area contributed by atoms with Gasteiger partial charge in [-0.1, -0.05) is 6.07 Å². The maximum Gasteiger partial charge on any atom is 0.306 e. The number of benzene rings is 1. The Balaban J connectivity index is 2.16. The van der Waals surface area contributed by atoms with Crippen molar-refractivity contribution in [1.29, 1.82) is 0 Å². The van der Waals surface area contributed by atoms with Crippen molar-refractivity contribution in [2.45, 2.75) is 17.7 Å². The van der Waals surface area contributed by atoms with Crippen LogP contribution in [0.5, 0.6) is 0 Å². The number of carboxylic acid groups (broad SMARTS) is 1. The first-order valence-electron chi connectivity index (χ1n) is 5.90. The summed E-state index contributed by atoms with van der Waals surface area (Å²) in [6.45, 7) is 0.537. The van der Waals surface area contributed by atoms with Crippen LogP contribution in [0.2, 0.25) is 0 Å². The van der Waals surface area contributed by atoms with Gasteiger partial charge in [0.15, 0.2) is 0 Å². The van der Waals surface area contributed by atoms with Crippen LogP contribution in [0.15, 0.2) is 29.2 Å². The van der Waals surface area contributed by atoms with E-state index >= 15 is 0 Å². The summed E-state index contributed by atoms with van der Waals surface area (Å²) < 4.78 is 27.0. The molecular weight excluding hydrogens is 381 g/mol. The third kappa shape index (κ3) is 3.26. The highest BCUT2D eigenvalue weighted by Gasteiger charge is 2.31. The molecule has 5 nitrogen and oxygen atoms in total. The fourth-order valence-corrected chi connectivity index (χ4v) is 4.39. The van der Waals surface area contributed by atoms with E-state index in [1.54, 1.807) is 18.2 Å². The van der Waals surface area contributed by atoms with Gasteiger partial charge in [0, 0.05) is 16.7 Å². The van der Waals surface area contributed by atoms with Gasteiger partial charge in [0.2, 0.25) is 10.0 Å². The van der Waals surface area contributed by atoms with E-state index in [4.69, 9.17) is 5.11 Å². The van der Waals surface area contributed by atoms with E-state index in [-0.39, 0.29) is 18.0 Å². The zero-order chi connectivity index (χ0) is 14.0. The summed E-state index contributed by atoms with van der Waals surface area (Å²) >= 11 is 2.07. The molecule has 0 bridgehead atoms. The summed E-state index contributed by atoms with van der Waals surface area (Å²) in [6, 6.07) is 6.73. The Kier molecular flexibility index (Phi) is 4.46. The number of rotatable bonds is 3. The van der Waals surface area contributed by atoms with Crippen LogP contribution < -0.4 is 0 Å². The van der Waals surface area contributed by atoms with Gasteiger partial charge in [0.25, 0.3) is 0 Å². The summed E-state index contributed by atoms with van der Waals surface area (Å²) in [7, 11) is -3.50. The minimum absolute atomic E-state index is 0.269. The quantitative estimate of drug-likeness (QED) is 0.792. The Morgan fingerprint density at radius 3 is 2.47 bits per heavy atom. The van der Waals surface area contributed by atoms with Gasteiger partial charge in [-0.25, -0.2) is 8.42 Å². The Hall–Kier alpha value is -0.670. The normalized spacial score (nSPS) is 18.4. The number of sulfonamides is 1. The second kappa shape index (κ2) is 5.76. The van der Waals surface area contributed by atoms with Crippen LogP contribution in [-0.4, -0.2) is 36.9 Å². The molecule has 2 rings (SSSR count). The lowest BCUT2D eigenvalue weighted by molar-refractivity contribution is -0.142. The highest BCUT2D eigenvalue weighted by Crippen LogP contribution is 2.24. The fourth-order valence-electron chi connectivity index (χ4n) is 2.12. The van der Waals surface area contributed by atoms with Gasteiger partial charge in [-0.3, -0.25) is 4.79 Å². The van der Waals surface area contributed by atoms with Crippen molar-refractivity contribution in [2.24, 2.45) is 5.92 Å². The molecule has 1 aliphatic rings. The summed E-state index contributed by atoms with van der Waals surface area (Å²) in [6.07, 6.45) is 0.747. The number of carbonyl (C=O) groups is 1. The largest absolute Gasteiger partial charge is 0.481 e. The van der Waals surface area contributed by atoms with Crippen molar-refractivity contribution >= 4 is 38.6 Å². The minimum Gasteiger partial charge on any atom is -0.481 e. The average Bonchev–Trinajstić information content (AvgIpc) is 2.39. The molecule has 104 valence electrons. The second-order valence-electron chi connectivity index (χ2n) is 4.47. The van der Waals surface area contributed by atoms with E-state index < -0.39 is 21.9 Å². The van der Waals surface area contributed by atoms with Gasteiger partial charge < -0.3 is 5.11 Å². The molecular formula is C12H14INO4S. The molecule has 1 N–H and O–H groups in total. The number of aliphatic carboxylic acids is 1. The highest BCUT2D eigenvalue weighted by atomic mass is 127. The molecule has 1 heterocycles. The number of halogens is 1. The van der Waals surface area contributed by atoms with Crippen LogP contribution in [0.3, 0.4) is 0 Å². The zero-order valence-electron chi connectivity index (χ0n) is 10.1. The molecule has 0 aromatic heterocycles. The van der Waals surface area contributed by atoms with E-state index in [2.05, 4.69) is 22.6 Å². The molecule has 0 aliphatic carbocycles. The topological polar surface area (TPSA) is 74.7 Å². The predicted octanol–water partition coefficient (Wildman–Crippen LogP) is 1.78. The Bertz CT molecular complexity index is 579. The maximum absolute atomic E-state index is 12.4. The van der Waals surface area contributed by atoms with Gasteiger partial charge in [-0.05, 0) is 53.6 Å². The first-order valence-corrected chi connectivity index (χ1v) is 8.41. The first-order chi connectivity index (χ1) is 8.91. The van der Waals surface area contributed by atoms with Crippen LogP contribution in [0.1, 0.15) is 12.8 Å². The molecule has 0 amide bonds. The molecule has 0 spiro atoms. The Morgan fingerprint density at radius 1 is 1.32 bits per heavy atom. The molecule has 0 atom stereocenters. The molecule has 1 aromatic rings. The Morgan fingerprint density at radius 2 is 1.95 bits per heavy atom. The number of carboxylic acids is 1. The van der Waals surface area contributed by atoms with Gasteiger partial charge in [0.05, 0.1) is 10.8 Å². The molecule has 7 heteroatoms. The summed E-state index contributed by atoms with van der Waals surface area (Å²) in [5.41, 5.74) is 0. The third-order valence-electron chi connectivity index (χ3n) is 3.24. The van der Waals surface area contributed by atoms with Gasteiger partial charge in [-0.2, -0.15) is 4.31 Å². The van der Waals surface area contributed by atoms with E-state index in [1.165, 1.54) is 4.31 Å². The Labute approximate surface area is 125 Å². The van der Waals surface area contributed by atoms with Crippen molar-refractivity contribution in [3.8, 4) is 0 Å². The summed E-state index contributed by atoms with van der Waals surface area (Å²) in [5.74, 6) is -1.27. The van der Waals surface area contributed by atoms with Crippen LogP contribution in [0.25, 0.3) is 0 Å². The molecule has 1 aliphatic heterocycles. The maximum atomic E-state index is 12.4. The molecule has 0 saturated carbocycles.